The Hall–Kier alpha value is -2.29. The number of fused-ring (bicyclic) bond motifs is 1. The summed E-state index contributed by atoms with van der Waals surface area (Å²) < 4.78 is 0. The van der Waals surface area contributed by atoms with Crippen molar-refractivity contribution in [1.82, 2.24) is 0 Å². The minimum atomic E-state index is 0.427. The van der Waals surface area contributed by atoms with Crippen molar-refractivity contribution >= 4 is 29.6 Å². The molecule has 2 aromatic carbocycles. The van der Waals surface area contributed by atoms with Crippen molar-refractivity contribution in [1.29, 1.82) is 0 Å². The van der Waals surface area contributed by atoms with Crippen LogP contribution in [0.5, 0.6) is 0 Å². The fourth-order valence-electron chi connectivity index (χ4n) is 2.05. The van der Waals surface area contributed by atoms with E-state index in [1.807, 2.05) is 6.92 Å². The van der Waals surface area contributed by atoms with Crippen LogP contribution in [-0.4, -0.2) is 18.9 Å². The first kappa shape index (κ1) is 11.2. The van der Waals surface area contributed by atoms with Gasteiger partial charge in [0.25, 0.3) is 0 Å². The van der Waals surface area contributed by atoms with Gasteiger partial charge in [-0.15, -0.1) is 0 Å². The van der Waals surface area contributed by atoms with Crippen LogP contribution in [-0.2, 0) is 0 Å². The highest BCUT2D eigenvalue weighted by atomic mass is 16.1. The van der Waals surface area contributed by atoms with Gasteiger partial charge in [-0.25, -0.2) is 0 Å². The van der Waals surface area contributed by atoms with Crippen molar-refractivity contribution in [3.63, 3.8) is 0 Å². The fourth-order valence-corrected chi connectivity index (χ4v) is 2.05. The molecule has 3 heteroatoms. The smallest absolute Gasteiger partial charge is 0.150 e. The van der Waals surface area contributed by atoms with Gasteiger partial charge in [0.1, 0.15) is 0 Å². The van der Waals surface area contributed by atoms with Crippen LogP contribution in [0, 0.1) is 6.92 Å². The monoisotopic (exact) mass is 226 g/mol. The number of aryl methyl sites for hydroxylation is 1. The number of benzene rings is 2. The third-order valence-electron chi connectivity index (χ3n) is 2.85. The van der Waals surface area contributed by atoms with Crippen LogP contribution < -0.4 is 0 Å². The Morgan fingerprint density at radius 2 is 1.12 bits per heavy atom. The SMILES string of the molecule is Cc1ccc(C=O)c2c(C=O)ccc(C=O)c12. The fraction of sp³-hybridized carbons (Fsp3) is 0.0714. The Morgan fingerprint density at radius 3 is 1.59 bits per heavy atom. The second-order valence-corrected chi connectivity index (χ2v) is 3.82. The molecule has 0 saturated carbocycles. The maximum atomic E-state index is 11.0. The van der Waals surface area contributed by atoms with Crippen LogP contribution in [0.25, 0.3) is 10.8 Å². The average Bonchev–Trinajstić information content (AvgIpc) is 2.38. The summed E-state index contributed by atoms with van der Waals surface area (Å²) in [5.74, 6) is 0. The van der Waals surface area contributed by atoms with Gasteiger partial charge < -0.3 is 0 Å². The van der Waals surface area contributed by atoms with E-state index in [2.05, 4.69) is 0 Å². The van der Waals surface area contributed by atoms with Gasteiger partial charge in [0.2, 0.25) is 0 Å². The van der Waals surface area contributed by atoms with Gasteiger partial charge in [-0.05, 0) is 17.9 Å². The summed E-state index contributed by atoms with van der Waals surface area (Å²) in [5.41, 5.74) is 2.22. The number of carbonyl (C=O) groups excluding carboxylic acids is 3. The predicted octanol–water partition coefficient (Wildman–Crippen LogP) is 2.59. The van der Waals surface area contributed by atoms with Crippen molar-refractivity contribution in [2.24, 2.45) is 0 Å². The molecule has 0 atom stereocenters. The maximum absolute atomic E-state index is 11.0. The lowest BCUT2D eigenvalue weighted by molar-refractivity contribution is 0.111. The lowest BCUT2D eigenvalue weighted by Crippen LogP contribution is -1.96. The van der Waals surface area contributed by atoms with Gasteiger partial charge in [-0.2, -0.15) is 0 Å². The molecule has 84 valence electrons. The Labute approximate surface area is 98.1 Å². The molecule has 2 aromatic rings. The van der Waals surface area contributed by atoms with Crippen molar-refractivity contribution in [3.8, 4) is 0 Å². The van der Waals surface area contributed by atoms with Gasteiger partial charge in [-0.1, -0.05) is 24.3 Å². The summed E-state index contributed by atoms with van der Waals surface area (Å²) in [5, 5.41) is 1.23. The average molecular weight is 226 g/mol. The van der Waals surface area contributed by atoms with Crippen LogP contribution in [0.2, 0.25) is 0 Å². The Bertz CT molecular complexity index is 613. The first-order valence-electron chi connectivity index (χ1n) is 5.14. The molecule has 0 bridgehead atoms. The summed E-state index contributed by atoms with van der Waals surface area (Å²) in [6, 6.07) is 6.59. The van der Waals surface area contributed by atoms with E-state index in [4.69, 9.17) is 0 Å². The minimum absolute atomic E-state index is 0.427. The van der Waals surface area contributed by atoms with E-state index in [1.54, 1.807) is 24.3 Å². The third kappa shape index (κ3) is 1.65. The standard InChI is InChI=1S/C14H10O3/c1-9-2-3-11(7-16)14-12(8-17)5-4-10(6-15)13(9)14/h2-8H,1H3. The highest BCUT2D eigenvalue weighted by molar-refractivity contribution is 6.12. The molecule has 3 nitrogen and oxygen atoms in total. The van der Waals surface area contributed by atoms with Crippen molar-refractivity contribution in [2.75, 3.05) is 0 Å². The molecule has 17 heavy (non-hydrogen) atoms. The summed E-state index contributed by atoms with van der Waals surface area (Å²) in [7, 11) is 0. The van der Waals surface area contributed by atoms with E-state index in [-0.39, 0.29) is 0 Å². The molecule has 2 rings (SSSR count). The first-order chi connectivity index (χ1) is 8.22. The molecule has 0 heterocycles. The van der Waals surface area contributed by atoms with E-state index in [0.717, 1.165) is 11.8 Å². The lowest BCUT2D eigenvalue weighted by atomic mass is 9.93. The van der Waals surface area contributed by atoms with Crippen LogP contribution in [0.1, 0.15) is 36.6 Å². The van der Waals surface area contributed by atoms with Crippen LogP contribution in [0.3, 0.4) is 0 Å². The van der Waals surface area contributed by atoms with Crippen molar-refractivity contribution < 1.29 is 14.4 Å². The normalized spacial score (nSPS) is 10.2. The Morgan fingerprint density at radius 1 is 0.706 bits per heavy atom. The number of carbonyl (C=O) groups is 3. The molecule has 0 aromatic heterocycles. The molecular formula is C14H10O3. The van der Waals surface area contributed by atoms with E-state index in [0.29, 0.717) is 40.0 Å². The number of aldehydes is 3. The first-order valence-corrected chi connectivity index (χ1v) is 5.14. The quantitative estimate of drug-likeness (QED) is 0.756. The highest BCUT2D eigenvalue weighted by Gasteiger charge is 2.11. The Balaban J connectivity index is 3.08. The van der Waals surface area contributed by atoms with E-state index in [9.17, 15) is 14.4 Å². The van der Waals surface area contributed by atoms with Gasteiger partial charge in [0.15, 0.2) is 18.9 Å². The van der Waals surface area contributed by atoms with Gasteiger partial charge in [-0.3, -0.25) is 14.4 Å². The van der Waals surface area contributed by atoms with Gasteiger partial charge in [0, 0.05) is 22.1 Å². The van der Waals surface area contributed by atoms with Crippen LogP contribution >= 0.6 is 0 Å². The van der Waals surface area contributed by atoms with Crippen molar-refractivity contribution in [2.45, 2.75) is 6.92 Å². The molecule has 0 N–H and O–H groups in total. The summed E-state index contributed by atoms with van der Waals surface area (Å²) in [6.45, 7) is 1.85. The van der Waals surface area contributed by atoms with Gasteiger partial charge in [0.05, 0.1) is 0 Å². The lowest BCUT2D eigenvalue weighted by Gasteiger charge is -2.09. The maximum Gasteiger partial charge on any atom is 0.150 e. The molecule has 0 aliphatic heterocycles. The molecule has 0 unspecified atom stereocenters. The molecule has 0 aliphatic carbocycles. The summed E-state index contributed by atoms with van der Waals surface area (Å²) >= 11 is 0. The Kier molecular flexibility index (Phi) is 2.83. The summed E-state index contributed by atoms with van der Waals surface area (Å²) in [4.78, 5) is 33.0. The zero-order valence-electron chi connectivity index (χ0n) is 9.27. The zero-order chi connectivity index (χ0) is 12.4. The highest BCUT2D eigenvalue weighted by Crippen LogP contribution is 2.27. The molecular weight excluding hydrogens is 216 g/mol. The van der Waals surface area contributed by atoms with Gasteiger partial charge >= 0.3 is 0 Å². The number of hydrogen-bond acceptors (Lipinski definition) is 3. The second-order valence-electron chi connectivity index (χ2n) is 3.82. The molecule has 0 spiro atoms. The van der Waals surface area contributed by atoms with Crippen LogP contribution in [0.4, 0.5) is 0 Å². The second kappa shape index (κ2) is 4.29. The molecule has 0 aliphatic rings. The molecule has 0 saturated heterocycles. The van der Waals surface area contributed by atoms with Crippen LogP contribution in [0.15, 0.2) is 24.3 Å². The van der Waals surface area contributed by atoms with E-state index < -0.39 is 0 Å². The number of hydrogen-bond donors (Lipinski definition) is 0. The van der Waals surface area contributed by atoms with E-state index >= 15 is 0 Å². The number of rotatable bonds is 3. The molecule has 0 amide bonds. The molecule has 0 fully saturated rings. The van der Waals surface area contributed by atoms with Crippen molar-refractivity contribution in [3.05, 3.63) is 46.5 Å². The predicted molar refractivity (Wildman–Crippen MR) is 64.8 cm³/mol. The molecule has 0 radical (unpaired) electrons. The topological polar surface area (TPSA) is 51.2 Å². The largest absolute Gasteiger partial charge is 0.298 e. The minimum Gasteiger partial charge on any atom is -0.298 e. The van der Waals surface area contributed by atoms with E-state index in [1.165, 1.54) is 0 Å². The third-order valence-corrected chi connectivity index (χ3v) is 2.85. The zero-order valence-corrected chi connectivity index (χ0v) is 9.27. The summed E-state index contributed by atoms with van der Waals surface area (Å²) in [6.07, 6.45) is 2.13.